The van der Waals surface area contributed by atoms with E-state index in [1.165, 1.54) is 7.11 Å². The SMILES string of the molecule is C=C/C(=C\C=C/C)Cn1cc(OC)c(=O)nc1Nc1ccc(C)c(OC)c1C. The van der Waals surface area contributed by atoms with E-state index in [-0.39, 0.29) is 5.75 Å². The third-order valence-electron chi connectivity index (χ3n) is 4.35. The second-order valence-corrected chi connectivity index (χ2v) is 6.25. The minimum Gasteiger partial charge on any atom is -0.496 e. The molecule has 6 nitrogen and oxygen atoms in total. The Kier molecular flexibility index (Phi) is 7.21. The number of nitrogens with zero attached hydrogens (tertiary/aromatic N) is 2. The lowest BCUT2D eigenvalue weighted by atomic mass is 10.1. The fraction of sp³-hybridized carbons (Fsp3) is 0.273. The molecule has 1 aromatic heterocycles. The molecule has 2 aromatic rings. The van der Waals surface area contributed by atoms with Crippen LogP contribution in [0.15, 0.2) is 59.6 Å². The summed E-state index contributed by atoms with van der Waals surface area (Å²) in [7, 11) is 3.10. The van der Waals surface area contributed by atoms with Crippen LogP contribution in [0, 0.1) is 13.8 Å². The molecule has 0 atom stereocenters. The van der Waals surface area contributed by atoms with Crippen LogP contribution in [0.2, 0.25) is 0 Å². The van der Waals surface area contributed by atoms with Crippen LogP contribution in [-0.2, 0) is 6.54 Å². The maximum Gasteiger partial charge on any atom is 0.316 e. The molecule has 0 saturated heterocycles. The van der Waals surface area contributed by atoms with Gasteiger partial charge in [0, 0.05) is 11.3 Å². The van der Waals surface area contributed by atoms with Gasteiger partial charge in [-0.25, -0.2) is 0 Å². The number of nitrogens with one attached hydrogen (secondary N) is 1. The first-order chi connectivity index (χ1) is 13.4. The molecular weight excluding hydrogens is 354 g/mol. The Hall–Kier alpha value is -3.28. The van der Waals surface area contributed by atoms with Crippen LogP contribution in [0.25, 0.3) is 0 Å². The minimum atomic E-state index is -0.435. The monoisotopic (exact) mass is 381 g/mol. The van der Waals surface area contributed by atoms with Gasteiger partial charge in [-0.15, -0.1) is 0 Å². The van der Waals surface area contributed by atoms with Gasteiger partial charge >= 0.3 is 5.56 Å². The minimum absolute atomic E-state index is 0.179. The maximum absolute atomic E-state index is 12.2. The molecule has 0 radical (unpaired) electrons. The van der Waals surface area contributed by atoms with Crippen molar-refractivity contribution in [3.05, 3.63) is 76.3 Å². The van der Waals surface area contributed by atoms with E-state index in [0.29, 0.717) is 12.5 Å². The number of allylic oxidation sites excluding steroid dienone is 5. The molecular formula is C22H27N3O3. The average Bonchev–Trinajstić information content (AvgIpc) is 2.69. The molecule has 0 aliphatic heterocycles. The van der Waals surface area contributed by atoms with Crippen molar-refractivity contribution in [3.8, 4) is 11.5 Å². The van der Waals surface area contributed by atoms with Crippen LogP contribution >= 0.6 is 0 Å². The first-order valence-corrected chi connectivity index (χ1v) is 8.96. The van der Waals surface area contributed by atoms with E-state index < -0.39 is 5.56 Å². The molecule has 148 valence electrons. The fourth-order valence-electron chi connectivity index (χ4n) is 2.83. The number of ether oxygens (including phenoxy) is 2. The molecule has 0 aliphatic rings. The second kappa shape index (κ2) is 9.60. The Balaban J connectivity index is 2.53. The van der Waals surface area contributed by atoms with E-state index in [4.69, 9.17) is 9.47 Å². The van der Waals surface area contributed by atoms with E-state index in [0.717, 1.165) is 28.1 Å². The van der Waals surface area contributed by atoms with Crippen LogP contribution in [0.3, 0.4) is 0 Å². The van der Waals surface area contributed by atoms with Gasteiger partial charge in [0.2, 0.25) is 11.7 Å². The van der Waals surface area contributed by atoms with Gasteiger partial charge in [-0.05, 0) is 38.0 Å². The zero-order chi connectivity index (χ0) is 20.7. The molecule has 0 unspecified atom stereocenters. The molecule has 0 saturated carbocycles. The summed E-state index contributed by atoms with van der Waals surface area (Å²) in [6.45, 7) is 10.2. The van der Waals surface area contributed by atoms with E-state index in [1.54, 1.807) is 19.4 Å². The van der Waals surface area contributed by atoms with E-state index in [1.807, 2.05) is 55.7 Å². The standard InChI is InChI=1S/C22H27N3O3/c1-7-9-10-17(8-2)13-25-14-19(27-5)21(26)24-22(25)23-18-12-11-15(3)20(28-6)16(18)4/h7-12,14H,2,13H2,1,3-6H3,(H,23,24,26)/b9-7-,17-10+. The number of benzene rings is 1. The number of anilines is 2. The van der Waals surface area contributed by atoms with Crippen molar-refractivity contribution in [2.45, 2.75) is 27.3 Å². The summed E-state index contributed by atoms with van der Waals surface area (Å²) >= 11 is 0. The predicted octanol–water partition coefficient (Wildman–Crippen LogP) is 4.31. The Bertz CT molecular complexity index is 972. The number of aryl methyl sites for hydroxylation is 1. The third kappa shape index (κ3) is 4.71. The van der Waals surface area contributed by atoms with E-state index in [9.17, 15) is 4.79 Å². The van der Waals surface area contributed by atoms with Crippen molar-refractivity contribution in [2.24, 2.45) is 0 Å². The maximum atomic E-state index is 12.2. The van der Waals surface area contributed by atoms with Gasteiger partial charge in [0.05, 0.1) is 27.0 Å². The highest BCUT2D eigenvalue weighted by atomic mass is 16.5. The number of methoxy groups -OCH3 is 2. The van der Waals surface area contributed by atoms with Gasteiger partial charge in [-0.3, -0.25) is 4.79 Å². The van der Waals surface area contributed by atoms with Crippen molar-refractivity contribution in [3.63, 3.8) is 0 Å². The van der Waals surface area contributed by atoms with Gasteiger partial charge in [-0.1, -0.05) is 36.9 Å². The van der Waals surface area contributed by atoms with Crippen LogP contribution in [0.5, 0.6) is 11.5 Å². The number of aromatic nitrogens is 2. The summed E-state index contributed by atoms with van der Waals surface area (Å²) in [5.74, 6) is 1.39. The first-order valence-electron chi connectivity index (χ1n) is 8.96. The molecule has 1 N–H and O–H groups in total. The normalized spacial score (nSPS) is 11.5. The fourth-order valence-corrected chi connectivity index (χ4v) is 2.83. The van der Waals surface area contributed by atoms with Gasteiger partial charge < -0.3 is 19.4 Å². The summed E-state index contributed by atoms with van der Waals surface area (Å²) in [4.78, 5) is 16.4. The van der Waals surface area contributed by atoms with Gasteiger partial charge in [0.15, 0.2) is 0 Å². The summed E-state index contributed by atoms with van der Waals surface area (Å²) < 4.78 is 12.5. The van der Waals surface area contributed by atoms with Crippen molar-refractivity contribution in [2.75, 3.05) is 19.5 Å². The largest absolute Gasteiger partial charge is 0.496 e. The molecule has 0 aliphatic carbocycles. The van der Waals surface area contributed by atoms with Crippen LogP contribution in [0.1, 0.15) is 18.1 Å². The quantitative estimate of drug-likeness (QED) is 0.690. The molecule has 0 spiro atoms. The van der Waals surface area contributed by atoms with Crippen molar-refractivity contribution in [1.82, 2.24) is 9.55 Å². The molecule has 0 amide bonds. The smallest absolute Gasteiger partial charge is 0.316 e. The lowest BCUT2D eigenvalue weighted by Crippen LogP contribution is -2.19. The van der Waals surface area contributed by atoms with Crippen molar-refractivity contribution >= 4 is 11.6 Å². The van der Waals surface area contributed by atoms with Crippen LogP contribution in [0.4, 0.5) is 11.6 Å². The lowest BCUT2D eigenvalue weighted by Gasteiger charge is -2.18. The van der Waals surface area contributed by atoms with Gasteiger partial charge in [0.1, 0.15) is 5.75 Å². The van der Waals surface area contributed by atoms with Crippen molar-refractivity contribution < 1.29 is 9.47 Å². The molecule has 0 bridgehead atoms. The summed E-state index contributed by atoms with van der Waals surface area (Å²) in [5, 5.41) is 3.26. The average molecular weight is 381 g/mol. The predicted molar refractivity (Wildman–Crippen MR) is 114 cm³/mol. The Morgan fingerprint density at radius 1 is 1.29 bits per heavy atom. The molecule has 2 rings (SSSR count). The lowest BCUT2D eigenvalue weighted by molar-refractivity contribution is 0.402. The van der Waals surface area contributed by atoms with Crippen molar-refractivity contribution in [1.29, 1.82) is 0 Å². The third-order valence-corrected chi connectivity index (χ3v) is 4.35. The topological polar surface area (TPSA) is 65.4 Å². The first kappa shape index (κ1) is 21.0. The highest BCUT2D eigenvalue weighted by molar-refractivity contribution is 5.64. The summed E-state index contributed by atoms with van der Waals surface area (Å²) in [6, 6.07) is 3.90. The number of rotatable bonds is 8. The molecule has 1 heterocycles. The van der Waals surface area contributed by atoms with Crippen LogP contribution in [-0.4, -0.2) is 23.8 Å². The number of hydrogen-bond acceptors (Lipinski definition) is 5. The van der Waals surface area contributed by atoms with Gasteiger partial charge in [0.25, 0.3) is 0 Å². The highest BCUT2D eigenvalue weighted by Crippen LogP contribution is 2.30. The van der Waals surface area contributed by atoms with Crippen LogP contribution < -0.4 is 20.3 Å². The van der Waals surface area contributed by atoms with E-state index in [2.05, 4.69) is 16.9 Å². The second-order valence-electron chi connectivity index (χ2n) is 6.25. The summed E-state index contributed by atoms with van der Waals surface area (Å²) in [6.07, 6.45) is 9.25. The Morgan fingerprint density at radius 3 is 2.64 bits per heavy atom. The molecule has 1 aromatic carbocycles. The Labute approximate surface area is 165 Å². The molecule has 6 heteroatoms. The van der Waals surface area contributed by atoms with Gasteiger partial charge in [-0.2, -0.15) is 4.98 Å². The number of hydrogen-bond donors (Lipinski definition) is 1. The Morgan fingerprint density at radius 2 is 2.04 bits per heavy atom. The summed E-state index contributed by atoms with van der Waals surface area (Å²) in [5.41, 5.74) is 3.31. The van der Waals surface area contributed by atoms with E-state index >= 15 is 0 Å². The zero-order valence-electron chi connectivity index (χ0n) is 17.1. The highest BCUT2D eigenvalue weighted by Gasteiger charge is 2.13. The molecule has 28 heavy (non-hydrogen) atoms. The molecule has 0 fully saturated rings. The zero-order valence-corrected chi connectivity index (χ0v) is 17.1.